The van der Waals surface area contributed by atoms with E-state index in [1.807, 2.05) is 30.3 Å². The fraction of sp³-hybridized carbons (Fsp3) is 0.364. The number of benzene rings is 1. The number of rotatable bonds is 5. The first-order chi connectivity index (χ1) is 13.1. The van der Waals surface area contributed by atoms with Crippen LogP contribution in [0.2, 0.25) is 0 Å². The molecule has 140 valence electrons. The topological polar surface area (TPSA) is 46.0 Å². The molecule has 1 unspecified atom stereocenters. The van der Waals surface area contributed by atoms with E-state index in [1.165, 1.54) is 24.8 Å². The molecule has 4 rings (SSSR count). The molecule has 3 heterocycles. The van der Waals surface area contributed by atoms with E-state index >= 15 is 0 Å². The lowest BCUT2D eigenvalue weighted by atomic mass is 9.94. The van der Waals surface area contributed by atoms with Gasteiger partial charge in [0.2, 0.25) is 0 Å². The zero-order chi connectivity index (χ0) is 18.8. The molecule has 5 heteroatoms. The van der Waals surface area contributed by atoms with Crippen molar-refractivity contribution in [2.75, 3.05) is 25.5 Å². The molecular formula is C22H27N5. The lowest BCUT2D eigenvalue weighted by Crippen LogP contribution is -2.32. The molecule has 0 radical (unpaired) electrons. The first-order valence-corrected chi connectivity index (χ1v) is 9.59. The Hall–Kier alpha value is -2.66. The van der Waals surface area contributed by atoms with Gasteiger partial charge in [0.15, 0.2) is 0 Å². The van der Waals surface area contributed by atoms with E-state index in [0.717, 1.165) is 41.0 Å². The van der Waals surface area contributed by atoms with Gasteiger partial charge in [-0.05, 0) is 61.9 Å². The van der Waals surface area contributed by atoms with E-state index in [0.29, 0.717) is 5.92 Å². The molecule has 27 heavy (non-hydrogen) atoms. The van der Waals surface area contributed by atoms with Crippen LogP contribution in [0.5, 0.6) is 0 Å². The van der Waals surface area contributed by atoms with Gasteiger partial charge >= 0.3 is 0 Å². The lowest BCUT2D eigenvalue weighted by Gasteiger charge is -2.30. The van der Waals surface area contributed by atoms with Crippen LogP contribution in [0.4, 0.5) is 5.82 Å². The number of likely N-dealkylation sites (tertiary alicyclic amines) is 1. The van der Waals surface area contributed by atoms with E-state index < -0.39 is 0 Å². The molecule has 1 aliphatic rings. The van der Waals surface area contributed by atoms with Crippen molar-refractivity contribution in [3.8, 4) is 11.1 Å². The van der Waals surface area contributed by atoms with E-state index in [-0.39, 0.29) is 0 Å². The second kappa shape index (κ2) is 7.53. The van der Waals surface area contributed by atoms with Crippen LogP contribution in [0.1, 0.15) is 19.3 Å². The molecule has 1 aliphatic heterocycles. The number of hydrogen-bond acceptors (Lipinski definition) is 4. The first kappa shape index (κ1) is 17.7. The third-order valence-corrected chi connectivity index (χ3v) is 5.32. The summed E-state index contributed by atoms with van der Waals surface area (Å²) in [7, 11) is 4.14. The Kier molecular flexibility index (Phi) is 4.94. The number of anilines is 1. The molecule has 1 fully saturated rings. The van der Waals surface area contributed by atoms with Crippen molar-refractivity contribution in [3.63, 3.8) is 0 Å². The van der Waals surface area contributed by atoms with Gasteiger partial charge in [-0.3, -0.25) is 4.68 Å². The summed E-state index contributed by atoms with van der Waals surface area (Å²) in [6, 6.07) is 8.53. The molecular weight excluding hydrogens is 334 g/mol. The first-order valence-electron chi connectivity index (χ1n) is 9.59. The summed E-state index contributed by atoms with van der Waals surface area (Å²) in [5.74, 6) is 1.54. The standard InChI is InChI=1S/C22H27N5/c1-16(9-17-5-4-8-26(2)14-17)25-22-11-20-10-18(6-7-19(20)12-23-22)21-13-24-27(3)15-21/h6-7,10-13,15,17H,1,4-5,8-9,14H2,2-3H3,(H,23,25). The number of hydrogen-bond donors (Lipinski definition) is 1. The minimum atomic E-state index is 0.682. The molecule has 0 amide bonds. The molecule has 3 aromatic rings. The van der Waals surface area contributed by atoms with E-state index in [4.69, 9.17) is 0 Å². The Labute approximate surface area is 160 Å². The van der Waals surface area contributed by atoms with Crippen molar-refractivity contribution in [2.24, 2.45) is 13.0 Å². The second-order valence-electron chi connectivity index (χ2n) is 7.74. The summed E-state index contributed by atoms with van der Waals surface area (Å²) in [4.78, 5) is 6.97. The van der Waals surface area contributed by atoms with Gasteiger partial charge in [0.1, 0.15) is 5.82 Å². The van der Waals surface area contributed by atoms with Crippen LogP contribution < -0.4 is 5.32 Å². The molecule has 0 saturated carbocycles. The number of piperidine rings is 1. The molecule has 1 saturated heterocycles. The van der Waals surface area contributed by atoms with Gasteiger partial charge < -0.3 is 10.2 Å². The Bertz CT molecular complexity index is 958. The Morgan fingerprint density at radius 1 is 1.19 bits per heavy atom. The molecule has 0 spiro atoms. The normalized spacial score (nSPS) is 17.9. The summed E-state index contributed by atoms with van der Waals surface area (Å²) in [5, 5.41) is 9.98. The summed E-state index contributed by atoms with van der Waals surface area (Å²) in [6.07, 6.45) is 9.41. The monoisotopic (exact) mass is 361 g/mol. The van der Waals surface area contributed by atoms with Crippen LogP contribution in [0.15, 0.2) is 55.1 Å². The zero-order valence-corrected chi connectivity index (χ0v) is 16.2. The molecule has 1 atom stereocenters. The molecule has 5 nitrogen and oxygen atoms in total. The maximum absolute atomic E-state index is 4.56. The van der Waals surface area contributed by atoms with Crippen molar-refractivity contribution in [1.29, 1.82) is 0 Å². The third-order valence-electron chi connectivity index (χ3n) is 5.32. The Morgan fingerprint density at radius 3 is 2.85 bits per heavy atom. The fourth-order valence-corrected chi connectivity index (χ4v) is 3.98. The van der Waals surface area contributed by atoms with Crippen LogP contribution in [-0.4, -0.2) is 39.8 Å². The van der Waals surface area contributed by atoms with Gasteiger partial charge in [-0.2, -0.15) is 5.10 Å². The van der Waals surface area contributed by atoms with Crippen molar-refractivity contribution < 1.29 is 0 Å². The quantitative estimate of drug-likeness (QED) is 0.736. The van der Waals surface area contributed by atoms with Crippen molar-refractivity contribution in [2.45, 2.75) is 19.3 Å². The van der Waals surface area contributed by atoms with Gasteiger partial charge in [-0.25, -0.2) is 4.98 Å². The highest BCUT2D eigenvalue weighted by molar-refractivity contribution is 5.88. The molecule has 1 N–H and O–H groups in total. The van der Waals surface area contributed by atoms with Crippen LogP contribution >= 0.6 is 0 Å². The highest BCUT2D eigenvalue weighted by Crippen LogP contribution is 2.26. The highest BCUT2D eigenvalue weighted by atomic mass is 15.2. The number of aromatic nitrogens is 3. The highest BCUT2D eigenvalue weighted by Gasteiger charge is 2.18. The predicted octanol–water partition coefficient (Wildman–Crippen LogP) is 4.29. The van der Waals surface area contributed by atoms with Crippen LogP contribution in [-0.2, 0) is 7.05 Å². The van der Waals surface area contributed by atoms with Crippen LogP contribution in [0, 0.1) is 5.92 Å². The number of nitrogens with zero attached hydrogens (tertiary/aromatic N) is 4. The Morgan fingerprint density at radius 2 is 2.07 bits per heavy atom. The van der Waals surface area contributed by atoms with Crippen molar-refractivity contribution >= 4 is 16.6 Å². The zero-order valence-electron chi connectivity index (χ0n) is 16.2. The maximum Gasteiger partial charge on any atom is 0.130 e. The Balaban J connectivity index is 1.49. The summed E-state index contributed by atoms with van der Waals surface area (Å²) >= 11 is 0. The largest absolute Gasteiger partial charge is 0.344 e. The summed E-state index contributed by atoms with van der Waals surface area (Å²) < 4.78 is 1.83. The summed E-state index contributed by atoms with van der Waals surface area (Å²) in [5.41, 5.74) is 3.33. The minimum Gasteiger partial charge on any atom is -0.344 e. The van der Waals surface area contributed by atoms with Gasteiger partial charge in [-0.15, -0.1) is 0 Å². The number of allylic oxidation sites excluding steroid dienone is 1. The van der Waals surface area contributed by atoms with Crippen LogP contribution in [0.3, 0.4) is 0 Å². The van der Waals surface area contributed by atoms with E-state index in [2.05, 4.69) is 58.2 Å². The maximum atomic E-state index is 4.56. The van der Waals surface area contributed by atoms with Gasteiger partial charge in [0.25, 0.3) is 0 Å². The fourth-order valence-electron chi connectivity index (χ4n) is 3.98. The average Bonchev–Trinajstić information content (AvgIpc) is 3.07. The number of fused-ring (bicyclic) bond motifs is 1. The van der Waals surface area contributed by atoms with Crippen molar-refractivity contribution in [3.05, 3.63) is 55.1 Å². The molecule has 1 aromatic carbocycles. The van der Waals surface area contributed by atoms with E-state index in [1.54, 1.807) is 0 Å². The molecule has 0 aliphatic carbocycles. The average molecular weight is 361 g/mol. The minimum absolute atomic E-state index is 0.682. The smallest absolute Gasteiger partial charge is 0.130 e. The predicted molar refractivity (Wildman–Crippen MR) is 112 cm³/mol. The second-order valence-corrected chi connectivity index (χ2v) is 7.74. The van der Waals surface area contributed by atoms with Gasteiger partial charge in [0.05, 0.1) is 6.20 Å². The number of nitrogens with one attached hydrogen (secondary N) is 1. The lowest BCUT2D eigenvalue weighted by molar-refractivity contribution is 0.209. The van der Waals surface area contributed by atoms with E-state index in [9.17, 15) is 0 Å². The molecule has 0 bridgehead atoms. The van der Waals surface area contributed by atoms with Crippen molar-refractivity contribution in [1.82, 2.24) is 19.7 Å². The van der Waals surface area contributed by atoms with Gasteiger partial charge in [-0.1, -0.05) is 18.7 Å². The van der Waals surface area contributed by atoms with Crippen LogP contribution in [0.25, 0.3) is 21.9 Å². The third kappa shape index (κ3) is 4.19. The SMILES string of the molecule is C=C(CC1CCCN(C)C1)Nc1cc2cc(-c3cnn(C)c3)ccc2cn1. The number of pyridine rings is 1. The molecule has 2 aromatic heterocycles. The number of aryl methyl sites for hydroxylation is 1. The summed E-state index contributed by atoms with van der Waals surface area (Å²) in [6.45, 7) is 6.60. The van der Waals surface area contributed by atoms with Gasteiger partial charge in [0, 0.05) is 42.6 Å².